The lowest BCUT2D eigenvalue weighted by Gasteiger charge is -2.24. The molecule has 1 N–H and O–H groups in total. The molecule has 0 saturated heterocycles. The quantitative estimate of drug-likeness (QED) is 0.385. The van der Waals surface area contributed by atoms with Crippen LogP contribution in [0.3, 0.4) is 0 Å². The van der Waals surface area contributed by atoms with Gasteiger partial charge in [0, 0.05) is 28.6 Å². The Labute approximate surface area is 177 Å². The van der Waals surface area contributed by atoms with Gasteiger partial charge in [-0.15, -0.1) is 0 Å². The second-order valence-electron chi connectivity index (χ2n) is 6.76. The minimum atomic E-state index is -3.14. The van der Waals surface area contributed by atoms with Gasteiger partial charge in [0.1, 0.15) is 6.04 Å². The highest BCUT2D eigenvalue weighted by molar-refractivity contribution is 7.76. The van der Waals surface area contributed by atoms with Crippen molar-refractivity contribution in [3.8, 4) is 11.8 Å². The Hall–Kier alpha value is -3.44. The molecule has 30 heavy (non-hydrogen) atoms. The molecule has 1 heterocycles. The standard InChI is InChI=1S/C26H21N2OP/c29-30(24-14-6-2-7-15-24,25-16-8-3-9-17-25)28-26(23-12-4-1-5-13-23)19-18-22-11-10-20-27-21-22/h1-17,20-21,26H,(H,28,29). The first-order chi connectivity index (χ1) is 14.8. The summed E-state index contributed by atoms with van der Waals surface area (Å²) in [5.41, 5.74) is 1.77. The maximum absolute atomic E-state index is 14.4. The Morgan fingerprint density at radius 1 is 0.733 bits per heavy atom. The van der Waals surface area contributed by atoms with Crippen LogP contribution < -0.4 is 15.7 Å². The van der Waals surface area contributed by atoms with Crippen LogP contribution in [-0.2, 0) is 4.57 Å². The largest absolute Gasteiger partial charge is 0.296 e. The fraction of sp³-hybridized carbons (Fsp3) is 0.0385. The minimum Gasteiger partial charge on any atom is -0.296 e. The molecule has 1 unspecified atom stereocenters. The molecule has 4 heteroatoms. The maximum Gasteiger partial charge on any atom is 0.205 e. The SMILES string of the molecule is O=P(NC(C#Cc1cccnc1)c1ccccc1)(c1ccccc1)c1ccccc1. The third kappa shape index (κ3) is 4.58. The van der Waals surface area contributed by atoms with E-state index in [0.717, 1.165) is 21.7 Å². The van der Waals surface area contributed by atoms with E-state index in [1.807, 2.05) is 103 Å². The number of rotatable bonds is 5. The molecule has 1 aromatic heterocycles. The second-order valence-corrected chi connectivity index (χ2v) is 9.27. The van der Waals surface area contributed by atoms with Crippen LogP contribution in [0.25, 0.3) is 0 Å². The number of pyridine rings is 1. The molecule has 0 saturated carbocycles. The molecule has 0 amide bonds. The van der Waals surface area contributed by atoms with Gasteiger partial charge in [-0.1, -0.05) is 78.6 Å². The van der Waals surface area contributed by atoms with Gasteiger partial charge in [0.2, 0.25) is 7.29 Å². The highest BCUT2D eigenvalue weighted by atomic mass is 31.2. The molecule has 4 aromatic rings. The van der Waals surface area contributed by atoms with Crippen molar-refractivity contribution in [1.29, 1.82) is 0 Å². The zero-order chi connectivity index (χ0) is 20.7. The molecular weight excluding hydrogens is 387 g/mol. The first-order valence-electron chi connectivity index (χ1n) is 9.71. The zero-order valence-corrected chi connectivity index (χ0v) is 17.2. The first kappa shape index (κ1) is 19.9. The van der Waals surface area contributed by atoms with Crippen molar-refractivity contribution in [2.45, 2.75) is 6.04 Å². The predicted octanol–water partition coefficient (Wildman–Crippen LogP) is 4.69. The van der Waals surface area contributed by atoms with E-state index in [1.165, 1.54) is 0 Å². The predicted molar refractivity (Wildman–Crippen MR) is 123 cm³/mol. The van der Waals surface area contributed by atoms with Crippen LogP contribution in [0.2, 0.25) is 0 Å². The van der Waals surface area contributed by atoms with Crippen LogP contribution in [-0.4, -0.2) is 4.98 Å². The van der Waals surface area contributed by atoms with Crippen molar-refractivity contribution >= 4 is 17.9 Å². The summed E-state index contributed by atoms with van der Waals surface area (Å²) >= 11 is 0. The van der Waals surface area contributed by atoms with Crippen molar-refractivity contribution in [2.24, 2.45) is 0 Å². The summed E-state index contributed by atoms with van der Waals surface area (Å²) in [4.78, 5) is 4.13. The highest BCUT2D eigenvalue weighted by Crippen LogP contribution is 2.41. The van der Waals surface area contributed by atoms with E-state index in [9.17, 15) is 4.57 Å². The fourth-order valence-corrected chi connectivity index (χ4v) is 5.54. The van der Waals surface area contributed by atoms with Crippen LogP contribution in [0.15, 0.2) is 116 Å². The van der Waals surface area contributed by atoms with E-state index < -0.39 is 13.3 Å². The van der Waals surface area contributed by atoms with E-state index in [0.29, 0.717) is 0 Å². The topological polar surface area (TPSA) is 42.0 Å². The summed E-state index contributed by atoms with van der Waals surface area (Å²) in [6, 6.07) is 32.3. The Kier molecular flexibility index (Phi) is 6.20. The van der Waals surface area contributed by atoms with Crippen molar-refractivity contribution in [3.63, 3.8) is 0 Å². The van der Waals surface area contributed by atoms with E-state index in [2.05, 4.69) is 21.9 Å². The minimum absolute atomic E-state index is 0.419. The molecule has 0 aliphatic rings. The normalized spacial score (nSPS) is 11.9. The van der Waals surface area contributed by atoms with Crippen molar-refractivity contribution in [1.82, 2.24) is 10.1 Å². The monoisotopic (exact) mass is 408 g/mol. The van der Waals surface area contributed by atoms with Gasteiger partial charge in [-0.3, -0.25) is 9.55 Å². The maximum atomic E-state index is 14.4. The van der Waals surface area contributed by atoms with E-state index in [4.69, 9.17) is 0 Å². The van der Waals surface area contributed by atoms with Gasteiger partial charge < -0.3 is 0 Å². The molecule has 0 fully saturated rings. The Balaban J connectivity index is 1.79. The number of nitrogens with one attached hydrogen (secondary N) is 1. The molecule has 3 aromatic carbocycles. The van der Waals surface area contributed by atoms with Crippen LogP contribution in [0.4, 0.5) is 0 Å². The Bertz CT molecular complexity index is 1140. The van der Waals surface area contributed by atoms with Crippen molar-refractivity contribution in [3.05, 3.63) is 127 Å². The summed E-state index contributed by atoms with van der Waals surface area (Å²) in [6.45, 7) is 0. The molecule has 0 spiro atoms. The zero-order valence-electron chi connectivity index (χ0n) is 16.3. The van der Waals surface area contributed by atoms with Crippen LogP contribution in [0.1, 0.15) is 17.2 Å². The first-order valence-corrected chi connectivity index (χ1v) is 11.4. The summed E-state index contributed by atoms with van der Waals surface area (Å²) in [5, 5.41) is 4.91. The van der Waals surface area contributed by atoms with Crippen molar-refractivity contribution < 1.29 is 4.57 Å². The van der Waals surface area contributed by atoms with Crippen LogP contribution >= 0.6 is 7.29 Å². The third-order valence-corrected chi connectivity index (χ3v) is 7.38. The molecule has 3 nitrogen and oxygen atoms in total. The van der Waals surface area contributed by atoms with Gasteiger partial charge in [-0.2, -0.15) is 0 Å². The number of aromatic nitrogens is 1. The lowest BCUT2D eigenvalue weighted by molar-refractivity contribution is 0.574. The number of hydrogen-bond acceptors (Lipinski definition) is 2. The smallest absolute Gasteiger partial charge is 0.205 e. The van der Waals surface area contributed by atoms with Gasteiger partial charge in [-0.25, -0.2) is 5.09 Å². The number of nitrogens with zero attached hydrogens (tertiary/aromatic N) is 1. The summed E-state index contributed by atoms with van der Waals surface area (Å²) in [7, 11) is -3.14. The van der Waals surface area contributed by atoms with Crippen molar-refractivity contribution in [2.75, 3.05) is 0 Å². The summed E-state index contributed by atoms with van der Waals surface area (Å²) in [5.74, 6) is 6.45. The molecule has 4 rings (SSSR count). The molecule has 0 aliphatic carbocycles. The molecule has 0 bridgehead atoms. The number of benzene rings is 3. The van der Waals surface area contributed by atoms with E-state index in [1.54, 1.807) is 12.4 Å². The lowest BCUT2D eigenvalue weighted by Crippen LogP contribution is -2.30. The third-order valence-electron chi connectivity index (χ3n) is 4.71. The molecular formula is C26H21N2OP. The average Bonchev–Trinajstić information content (AvgIpc) is 2.84. The summed E-state index contributed by atoms with van der Waals surface area (Å²) < 4.78 is 14.4. The van der Waals surface area contributed by atoms with Gasteiger partial charge in [0.15, 0.2) is 0 Å². The average molecular weight is 408 g/mol. The van der Waals surface area contributed by atoms with Crippen LogP contribution in [0, 0.1) is 11.8 Å². The fourth-order valence-electron chi connectivity index (χ4n) is 3.18. The Morgan fingerprint density at radius 2 is 1.30 bits per heavy atom. The Morgan fingerprint density at radius 3 is 1.83 bits per heavy atom. The highest BCUT2D eigenvalue weighted by Gasteiger charge is 2.30. The van der Waals surface area contributed by atoms with E-state index >= 15 is 0 Å². The lowest BCUT2D eigenvalue weighted by atomic mass is 10.1. The van der Waals surface area contributed by atoms with Gasteiger partial charge in [-0.05, 0) is 42.0 Å². The molecule has 1 atom stereocenters. The number of hydrogen-bond donors (Lipinski definition) is 1. The second kappa shape index (κ2) is 9.37. The van der Waals surface area contributed by atoms with Gasteiger partial charge in [0.05, 0.1) is 0 Å². The molecule has 146 valence electrons. The molecule has 0 radical (unpaired) electrons. The van der Waals surface area contributed by atoms with Crippen LogP contribution in [0.5, 0.6) is 0 Å². The molecule has 0 aliphatic heterocycles. The van der Waals surface area contributed by atoms with Gasteiger partial charge >= 0.3 is 0 Å². The van der Waals surface area contributed by atoms with Gasteiger partial charge in [0.25, 0.3) is 0 Å². The summed E-state index contributed by atoms with van der Waals surface area (Å²) in [6.07, 6.45) is 3.44. The van der Waals surface area contributed by atoms with E-state index in [-0.39, 0.29) is 0 Å².